The number of anilines is 1. The van der Waals surface area contributed by atoms with Gasteiger partial charge in [0.1, 0.15) is 5.82 Å². The normalized spacial score (nSPS) is 21.4. The van der Waals surface area contributed by atoms with Crippen LogP contribution in [-0.4, -0.2) is 40.6 Å². The summed E-state index contributed by atoms with van der Waals surface area (Å²) in [6, 6.07) is 7.61. The lowest BCUT2D eigenvalue weighted by Gasteiger charge is -2.11. The van der Waals surface area contributed by atoms with Gasteiger partial charge < -0.3 is 9.88 Å². The second kappa shape index (κ2) is 7.42. The van der Waals surface area contributed by atoms with E-state index in [4.69, 9.17) is 0 Å². The molecule has 1 aromatic heterocycles. The number of nitrogens with zero attached hydrogens (tertiary/aromatic N) is 3. The van der Waals surface area contributed by atoms with Gasteiger partial charge in [-0.05, 0) is 37.3 Å². The van der Waals surface area contributed by atoms with Gasteiger partial charge in [-0.25, -0.2) is 8.42 Å². The minimum absolute atomic E-state index is 0.0783. The minimum Gasteiger partial charge on any atom is -0.326 e. The fourth-order valence-corrected chi connectivity index (χ4v) is 5.80. The molecule has 0 spiro atoms. The number of fused-ring (bicyclic) bond motifs is 1. The number of carbonyl (C=O) groups excluding carboxylic acids is 1. The zero-order valence-electron chi connectivity index (χ0n) is 15.2. The molecule has 7 nitrogen and oxygen atoms in total. The summed E-state index contributed by atoms with van der Waals surface area (Å²) in [5.41, 5.74) is 1.63. The van der Waals surface area contributed by atoms with Crippen molar-refractivity contribution < 1.29 is 13.2 Å². The molecule has 2 aromatic rings. The van der Waals surface area contributed by atoms with Crippen molar-refractivity contribution >= 4 is 21.4 Å². The lowest BCUT2D eigenvalue weighted by atomic mass is 10.0. The van der Waals surface area contributed by atoms with E-state index in [-0.39, 0.29) is 29.8 Å². The first-order valence-electron chi connectivity index (χ1n) is 9.53. The Morgan fingerprint density at radius 1 is 1.22 bits per heavy atom. The molecule has 8 heteroatoms. The van der Waals surface area contributed by atoms with Crippen molar-refractivity contribution in [3.8, 4) is 11.4 Å². The van der Waals surface area contributed by atoms with Crippen LogP contribution in [0.1, 0.15) is 37.9 Å². The molecular formula is C19H24N4O3S. The summed E-state index contributed by atoms with van der Waals surface area (Å²) in [4.78, 5) is 12.3. The summed E-state index contributed by atoms with van der Waals surface area (Å²) >= 11 is 0. The summed E-state index contributed by atoms with van der Waals surface area (Å²) in [5, 5.41) is 11.6. The van der Waals surface area contributed by atoms with E-state index in [1.807, 2.05) is 24.3 Å². The summed E-state index contributed by atoms with van der Waals surface area (Å²) < 4.78 is 25.3. The van der Waals surface area contributed by atoms with E-state index < -0.39 is 9.84 Å². The molecular weight excluding hydrogens is 364 g/mol. The quantitative estimate of drug-likeness (QED) is 0.868. The van der Waals surface area contributed by atoms with E-state index in [0.29, 0.717) is 12.1 Å². The predicted octanol–water partition coefficient (Wildman–Crippen LogP) is 2.43. The highest BCUT2D eigenvalue weighted by atomic mass is 32.2. The van der Waals surface area contributed by atoms with Gasteiger partial charge in [-0.1, -0.05) is 18.6 Å². The average molecular weight is 388 g/mol. The van der Waals surface area contributed by atoms with Crippen LogP contribution in [0.15, 0.2) is 24.3 Å². The van der Waals surface area contributed by atoms with Crippen molar-refractivity contribution in [1.82, 2.24) is 14.8 Å². The molecule has 1 N–H and O–H groups in total. The van der Waals surface area contributed by atoms with Gasteiger partial charge in [-0.15, -0.1) is 10.2 Å². The van der Waals surface area contributed by atoms with Gasteiger partial charge in [0.25, 0.3) is 0 Å². The lowest BCUT2D eigenvalue weighted by molar-refractivity contribution is -0.116. The molecule has 1 unspecified atom stereocenters. The molecule has 0 bridgehead atoms. The van der Waals surface area contributed by atoms with Crippen molar-refractivity contribution in [3.63, 3.8) is 0 Å². The third-order valence-electron chi connectivity index (χ3n) is 5.31. The van der Waals surface area contributed by atoms with Crippen LogP contribution in [0.4, 0.5) is 5.69 Å². The minimum atomic E-state index is -2.96. The SMILES string of the molecule is O=C(CC1CCS(=O)(=O)C1)Nc1cccc(-c2nnc3n2CCCCC3)c1. The number of hydrogen-bond acceptors (Lipinski definition) is 5. The van der Waals surface area contributed by atoms with Gasteiger partial charge >= 0.3 is 0 Å². The molecule has 1 amide bonds. The van der Waals surface area contributed by atoms with Crippen molar-refractivity contribution in [2.45, 2.75) is 45.1 Å². The summed E-state index contributed by atoms with van der Waals surface area (Å²) in [5.74, 6) is 1.95. The molecule has 1 fully saturated rings. The van der Waals surface area contributed by atoms with Crippen LogP contribution in [0, 0.1) is 5.92 Å². The van der Waals surface area contributed by atoms with E-state index in [0.717, 1.165) is 43.0 Å². The molecule has 1 atom stereocenters. The molecule has 2 aliphatic heterocycles. The molecule has 0 radical (unpaired) electrons. The molecule has 4 rings (SSSR count). The monoisotopic (exact) mass is 388 g/mol. The lowest BCUT2D eigenvalue weighted by Crippen LogP contribution is -2.17. The zero-order valence-corrected chi connectivity index (χ0v) is 16.0. The van der Waals surface area contributed by atoms with Crippen LogP contribution in [0.3, 0.4) is 0 Å². The molecule has 0 saturated carbocycles. The third-order valence-corrected chi connectivity index (χ3v) is 7.15. The first-order valence-corrected chi connectivity index (χ1v) is 11.4. The Morgan fingerprint density at radius 3 is 2.93 bits per heavy atom. The van der Waals surface area contributed by atoms with Gasteiger partial charge in [0.15, 0.2) is 15.7 Å². The molecule has 2 aliphatic rings. The Hall–Kier alpha value is -2.22. The molecule has 1 saturated heterocycles. The van der Waals surface area contributed by atoms with Crippen LogP contribution in [0.2, 0.25) is 0 Å². The Balaban J connectivity index is 1.47. The van der Waals surface area contributed by atoms with Gasteiger partial charge in [-0.3, -0.25) is 4.79 Å². The van der Waals surface area contributed by atoms with Gasteiger partial charge in [-0.2, -0.15) is 0 Å². The summed E-state index contributed by atoms with van der Waals surface area (Å²) in [6.45, 7) is 0.921. The van der Waals surface area contributed by atoms with Crippen molar-refractivity contribution in [2.75, 3.05) is 16.8 Å². The third kappa shape index (κ3) is 4.21. The molecule has 0 aliphatic carbocycles. The topological polar surface area (TPSA) is 93.9 Å². The van der Waals surface area contributed by atoms with Crippen LogP contribution < -0.4 is 5.32 Å². The standard InChI is InChI=1S/C19H24N4O3S/c24-18(11-14-8-10-27(25,26)13-14)20-16-6-4-5-15(12-16)19-22-21-17-7-2-1-3-9-23(17)19/h4-6,12,14H,1-3,7-11,13H2,(H,20,24). The van der Waals surface area contributed by atoms with E-state index in [2.05, 4.69) is 20.1 Å². The maximum absolute atomic E-state index is 12.3. The van der Waals surface area contributed by atoms with Gasteiger partial charge in [0.05, 0.1) is 11.5 Å². The van der Waals surface area contributed by atoms with Crippen LogP contribution >= 0.6 is 0 Å². The highest BCUT2D eigenvalue weighted by Crippen LogP contribution is 2.26. The molecule has 3 heterocycles. The second-order valence-corrected chi connectivity index (χ2v) is 9.73. The zero-order chi connectivity index (χ0) is 18.9. The fourth-order valence-electron chi connectivity index (χ4n) is 3.94. The van der Waals surface area contributed by atoms with Crippen LogP contribution in [0.25, 0.3) is 11.4 Å². The Labute approximate surface area is 159 Å². The maximum atomic E-state index is 12.3. The van der Waals surface area contributed by atoms with E-state index in [9.17, 15) is 13.2 Å². The summed E-state index contributed by atoms with van der Waals surface area (Å²) in [6.07, 6.45) is 5.23. The predicted molar refractivity (Wildman–Crippen MR) is 103 cm³/mol. The smallest absolute Gasteiger partial charge is 0.224 e. The number of sulfone groups is 1. The number of aromatic nitrogens is 3. The Bertz CT molecular complexity index is 952. The fraction of sp³-hybridized carbons (Fsp3) is 0.526. The highest BCUT2D eigenvalue weighted by molar-refractivity contribution is 7.91. The van der Waals surface area contributed by atoms with Crippen LogP contribution in [0.5, 0.6) is 0 Å². The largest absolute Gasteiger partial charge is 0.326 e. The van der Waals surface area contributed by atoms with E-state index >= 15 is 0 Å². The molecule has 27 heavy (non-hydrogen) atoms. The van der Waals surface area contributed by atoms with Crippen molar-refractivity contribution in [3.05, 3.63) is 30.1 Å². The van der Waals surface area contributed by atoms with Crippen LogP contribution in [-0.2, 0) is 27.6 Å². The second-order valence-electron chi connectivity index (χ2n) is 7.50. The van der Waals surface area contributed by atoms with Crippen molar-refractivity contribution in [1.29, 1.82) is 0 Å². The number of benzene rings is 1. The van der Waals surface area contributed by atoms with Crippen molar-refractivity contribution in [2.24, 2.45) is 5.92 Å². The number of rotatable bonds is 4. The van der Waals surface area contributed by atoms with Gasteiger partial charge in [0, 0.05) is 30.6 Å². The van der Waals surface area contributed by atoms with E-state index in [1.54, 1.807) is 0 Å². The Morgan fingerprint density at radius 2 is 2.11 bits per heavy atom. The average Bonchev–Trinajstić information content (AvgIpc) is 3.09. The number of hydrogen-bond donors (Lipinski definition) is 1. The first-order chi connectivity index (χ1) is 13.0. The summed E-state index contributed by atoms with van der Waals surface area (Å²) in [7, 11) is -2.96. The highest BCUT2D eigenvalue weighted by Gasteiger charge is 2.29. The molecule has 1 aromatic carbocycles. The first kappa shape index (κ1) is 18.2. The van der Waals surface area contributed by atoms with Gasteiger partial charge in [0.2, 0.25) is 5.91 Å². The Kier molecular flexibility index (Phi) is 4.99. The van der Waals surface area contributed by atoms with E-state index in [1.165, 1.54) is 6.42 Å². The number of aryl methyl sites for hydroxylation is 1. The number of amides is 1. The number of carbonyl (C=O) groups is 1. The molecule has 144 valence electrons. The maximum Gasteiger partial charge on any atom is 0.224 e. The number of nitrogens with one attached hydrogen (secondary N) is 1.